The first-order valence-corrected chi connectivity index (χ1v) is 6.35. The molecule has 18 heavy (non-hydrogen) atoms. The minimum Gasteiger partial charge on any atom is -0.345 e. The van der Waals surface area contributed by atoms with Crippen LogP contribution in [0.3, 0.4) is 0 Å². The standard InChI is InChI=1S/C14H19FN2O/c1-10-8-11(15)4-5-12(10)13(18)17-14(9-16)6-2-3-7-14/h4-5,8H,2-3,6-7,9,16H2,1H3,(H,17,18). The lowest BCUT2D eigenvalue weighted by atomic mass is 9.96. The molecule has 1 aliphatic rings. The molecular formula is C14H19FN2O. The average molecular weight is 250 g/mol. The van der Waals surface area contributed by atoms with Crippen molar-refractivity contribution in [2.75, 3.05) is 6.54 Å². The maximum Gasteiger partial charge on any atom is 0.252 e. The van der Waals surface area contributed by atoms with Crippen molar-refractivity contribution in [2.45, 2.75) is 38.1 Å². The molecule has 3 nitrogen and oxygen atoms in total. The third-order valence-corrected chi connectivity index (χ3v) is 3.76. The normalized spacial score (nSPS) is 17.7. The predicted molar refractivity (Wildman–Crippen MR) is 68.9 cm³/mol. The van der Waals surface area contributed by atoms with Gasteiger partial charge in [0.05, 0.1) is 5.54 Å². The van der Waals surface area contributed by atoms with Gasteiger partial charge in [-0.1, -0.05) is 12.8 Å². The monoisotopic (exact) mass is 250 g/mol. The number of carbonyl (C=O) groups excluding carboxylic acids is 1. The maximum absolute atomic E-state index is 13.0. The molecule has 1 aromatic carbocycles. The number of nitrogens with two attached hydrogens (primary N) is 1. The number of rotatable bonds is 3. The molecule has 0 unspecified atom stereocenters. The summed E-state index contributed by atoms with van der Waals surface area (Å²) in [7, 11) is 0. The van der Waals surface area contributed by atoms with Crippen LogP contribution >= 0.6 is 0 Å². The molecule has 0 spiro atoms. The van der Waals surface area contributed by atoms with Crippen molar-refractivity contribution in [1.82, 2.24) is 5.32 Å². The number of nitrogens with one attached hydrogen (secondary N) is 1. The molecule has 0 saturated heterocycles. The molecule has 0 bridgehead atoms. The Labute approximate surface area is 107 Å². The number of carbonyl (C=O) groups is 1. The Bertz CT molecular complexity index is 453. The highest BCUT2D eigenvalue weighted by Gasteiger charge is 2.34. The highest BCUT2D eigenvalue weighted by atomic mass is 19.1. The summed E-state index contributed by atoms with van der Waals surface area (Å²) in [6.07, 6.45) is 4.05. The third kappa shape index (κ3) is 2.53. The Hall–Kier alpha value is -1.42. The van der Waals surface area contributed by atoms with Gasteiger partial charge < -0.3 is 11.1 Å². The first kappa shape index (κ1) is 13.0. The predicted octanol–water partition coefficient (Wildman–Crippen LogP) is 2.14. The van der Waals surface area contributed by atoms with Crippen LogP contribution in [0.1, 0.15) is 41.6 Å². The van der Waals surface area contributed by atoms with Crippen LogP contribution in [0.4, 0.5) is 4.39 Å². The lowest BCUT2D eigenvalue weighted by molar-refractivity contribution is 0.0902. The van der Waals surface area contributed by atoms with Crippen molar-refractivity contribution in [3.05, 3.63) is 35.1 Å². The second kappa shape index (κ2) is 5.06. The molecule has 98 valence electrons. The Kier molecular flexibility index (Phi) is 3.66. The summed E-state index contributed by atoms with van der Waals surface area (Å²) in [6.45, 7) is 2.20. The summed E-state index contributed by atoms with van der Waals surface area (Å²) >= 11 is 0. The number of aryl methyl sites for hydroxylation is 1. The van der Waals surface area contributed by atoms with E-state index in [2.05, 4.69) is 5.32 Å². The third-order valence-electron chi connectivity index (χ3n) is 3.76. The van der Waals surface area contributed by atoms with Crippen molar-refractivity contribution >= 4 is 5.91 Å². The van der Waals surface area contributed by atoms with Gasteiger partial charge in [-0.25, -0.2) is 4.39 Å². The number of amides is 1. The first-order valence-electron chi connectivity index (χ1n) is 6.35. The molecule has 1 fully saturated rings. The summed E-state index contributed by atoms with van der Waals surface area (Å²) in [5.74, 6) is -0.474. The van der Waals surface area contributed by atoms with E-state index in [1.165, 1.54) is 18.2 Å². The summed E-state index contributed by atoms with van der Waals surface area (Å²) < 4.78 is 13.0. The average Bonchev–Trinajstić information content (AvgIpc) is 2.78. The van der Waals surface area contributed by atoms with E-state index in [0.717, 1.165) is 25.7 Å². The SMILES string of the molecule is Cc1cc(F)ccc1C(=O)NC1(CN)CCCC1. The van der Waals surface area contributed by atoms with E-state index in [0.29, 0.717) is 17.7 Å². The van der Waals surface area contributed by atoms with E-state index >= 15 is 0 Å². The molecular weight excluding hydrogens is 231 g/mol. The number of hydrogen-bond donors (Lipinski definition) is 2. The maximum atomic E-state index is 13.0. The zero-order chi connectivity index (χ0) is 13.2. The van der Waals surface area contributed by atoms with E-state index in [-0.39, 0.29) is 17.3 Å². The van der Waals surface area contributed by atoms with Gasteiger partial charge in [0.25, 0.3) is 5.91 Å². The molecule has 2 rings (SSSR count). The van der Waals surface area contributed by atoms with E-state index in [1.807, 2.05) is 0 Å². The van der Waals surface area contributed by atoms with E-state index in [4.69, 9.17) is 5.73 Å². The highest BCUT2D eigenvalue weighted by Crippen LogP contribution is 2.29. The van der Waals surface area contributed by atoms with Crippen molar-refractivity contribution in [1.29, 1.82) is 0 Å². The number of hydrogen-bond acceptors (Lipinski definition) is 2. The molecule has 1 amide bonds. The van der Waals surface area contributed by atoms with Gasteiger partial charge in [0.15, 0.2) is 0 Å². The molecule has 0 radical (unpaired) electrons. The second-order valence-corrected chi connectivity index (χ2v) is 5.10. The quantitative estimate of drug-likeness (QED) is 0.863. The van der Waals surface area contributed by atoms with Crippen LogP contribution in [0.15, 0.2) is 18.2 Å². The van der Waals surface area contributed by atoms with Crippen LogP contribution in [-0.2, 0) is 0 Å². The van der Waals surface area contributed by atoms with Gasteiger partial charge in [-0.3, -0.25) is 4.79 Å². The highest BCUT2D eigenvalue weighted by molar-refractivity contribution is 5.96. The fraction of sp³-hybridized carbons (Fsp3) is 0.500. The number of halogens is 1. The van der Waals surface area contributed by atoms with Crippen molar-refractivity contribution in [2.24, 2.45) is 5.73 Å². The minimum atomic E-state index is -0.321. The van der Waals surface area contributed by atoms with Gasteiger partial charge >= 0.3 is 0 Å². The van der Waals surface area contributed by atoms with Gasteiger partial charge in [0.2, 0.25) is 0 Å². The van der Waals surface area contributed by atoms with Gasteiger partial charge in [0.1, 0.15) is 5.82 Å². The van der Waals surface area contributed by atoms with Crippen molar-refractivity contribution < 1.29 is 9.18 Å². The van der Waals surface area contributed by atoms with Crippen LogP contribution in [-0.4, -0.2) is 18.0 Å². The lowest BCUT2D eigenvalue weighted by Crippen LogP contribution is -2.51. The Balaban J connectivity index is 2.16. The molecule has 3 N–H and O–H groups in total. The summed E-state index contributed by atoms with van der Waals surface area (Å²) in [5.41, 5.74) is 6.69. The summed E-state index contributed by atoms with van der Waals surface area (Å²) in [6, 6.07) is 4.21. The fourth-order valence-corrected chi connectivity index (χ4v) is 2.62. The van der Waals surface area contributed by atoms with Gasteiger partial charge in [-0.05, 0) is 43.5 Å². The second-order valence-electron chi connectivity index (χ2n) is 5.10. The minimum absolute atomic E-state index is 0.153. The van der Waals surface area contributed by atoms with Crippen LogP contribution in [0, 0.1) is 12.7 Å². The molecule has 1 aromatic rings. The lowest BCUT2D eigenvalue weighted by Gasteiger charge is -2.29. The van der Waals surface area contributed by atoms with Gasteiger partial charge in [-0.2, -0.15) is 0 Å². The van der Waals surface area contributed by atoms with Crippen LogP contribution in [0.5, 0.6) is 0 Å². The van der Waals surface area contributed by atoms with Crippen LogP contribution in [0.2, 0.25) is 0 Å². The summed E-state index contributed by atoms with van der Waals surface area (Å²) in [4.78, 5) is 12.2. The topological polar surface area (TPSA) is 55.1 Å². The molecule has 0 heterocycles. The first-order chi connectivity index (χ1) is 8.56. The molecule has 1 saturated carbocycles. The zero-order valence-electron chi connectivity index (χ0n) is 10.6. The molecule has 4 heteroatoms. The van der Waals surface area contributed by atoms with Crippen molar-refractivity contribution in [3.63, 3.8) is 0 Å². The Morgan fingerprint density at radius 1 is 1.44 bits per heavy atom. The number of benzene rings is 1. The van der Waals surface area contributed by atoms with Crippen molar-refractivity contribution in [3.8, 4) is 0 Å². The summed E-state index contributed by atoms with van der Waals surface area (Å²) in [5, 5.41) is 3.03. The molecule has 0 aromatic heterocycles. The molecule has 1 aliphatic carbocycles. The molecule has 0 aliphatic heterocycles. The van der Waals surface area contributed by atoms with E-state index < -0.39 is 0 Å². The Morgan fingerprint density at radius 2 is 2.11 bits per heavy atom. The Morgan fingerprint density at radius 3 is 2.67 bits per heavy atom. The molecule has 0 atom stereocenters. The van der Waals surface area contributed by atoms with Gasteiger partial charge in [0, 0.05) is 12.1 Å². The zero-order valence-corrected chi connectivity index (χ0v) is 10.6. The van der Waals surface area contributed by atoms with E-state index in [1.54, 1.807) is 6.92 Å². The van der Waals surface area contributed by atoms with Gasteiger partial charge in [-0.15, -0.1) is 0 Å². The smallest absolute Gasteiger partial charge is 0.252 e. The van der Waals surface area contributed by atoms with E-state index in [9.17, 15) is 9.18 Å². The van der Waals surface area contributed by atoms with Crippen LogP contribution in [0.25, 0.3) is 0 Å². The largest absolute Gasteiger partial charge is 0.345 e. The van der Waals surface area contributed by atoms with Crippen LogP contribution < -0.4 is 11.1 Å². The fourth-order valence-electron chi connectivity index (χ4n) is 2.62.